The van der Waals surface area contributed by atoms with Crippen molar-refractivity contribution >= 4 is 0 Å². The quantitative estimate of drug-likeness (QED) is 0.787. The van der Waals surface area contributed by atoms with Gasteiger partial charge in [0.15, 0.2) is 0 Å². The molecule has 0 radical (unpaired) electrons. The topological polar surface area (TPSA) is 26.0 Å². The van der Waals surface area contributed by atoms with Gasteiger partial charge in [-0.1, -0.05) is 13.0 Å². The lowest BCUT2D eigenvalue weighted by Crippen LogP contribution is -2.29. The van der Waals surface area contributed by atoms with Crippen molar-refractivity contribution in [2.75, 3.05) is 6.54 Å². The van der Waals surface area contributed by atoms with E-state index in [1.54, 1.807) is 6.07 Å². The van der Waals surface area contributed by atoms with E-state index in [2.05, 4.69) is 0 Å². The Morgan fingerprint density at radius 1 is 1.38 bits per heavy atom. The highest BCUT2D eigenvalue weighted by Crippen LogP contribution is 2.40. The zero-order chi connectivity index (χ0) is 12.0. The second-order valence-electron chi connectivity index (χ2n) is 4.63. The summed E-state index contributed by atoms with van der Waals surface area (Å²) in [4.78, 5) is 0. The fraction of sp³-hybridized carbons (Fsp3) is 0.500. The molecule has 1 aromatic carbocycles. The number of hydrogen-bond donors (Lipinski definition) is 1. The number of hydrogen-bond acceptors (Lipinski definition) is 1. The Morgan fingerprint density at radius 2 is 2.06 bits per heavy atom. The van der Waals surface area contributed by atoms with Gasteiger partial charge in [-0.05, 0) is 36.1 Å². The Labute approximate surface area is 92.5 Å². The van der Waals surface area contributed by atoms with E-state index >= 15 is 0 Å². The molecule has 0 aromatic heterocycles. The van der Waals surface area contributed by atoms with Crippen LogP contribution in [0.25, 0.3) is 0 Å². The highest BCUT2D eigenvalue weighted by molar-refractivity contribution is 5.42. The van der Waals surface area contributed by atoms with Gasteiger partial charge in [-0.2, -0.15) is 13.2 Å². The van der Waals surface area contributed by atoms with Gasteiger partial charge < -0.3 is 5.73 Å². The summed E-state index contributed by atoms with van der Waals surface area (Å²) in [5, 5.41) is 0. The van der Waals surface area contributed by atoms with Gasteiger partial charge >= 0.3 is 6.18 Å². The Kier molecular flexibility index (Phi) is 2.49. The summed E-state index contributed by atoms with van der Waals surface area (Å²) in [6.45, 7) is 2.48. The van der Waals surface area contributed by atoms with Crippen molar-refractivity contribution in [3.8, 4) is 0 Å². The van der Waals surface area contributed by atoms with Crippen molar-refractivity contribution < 1.29 is 13.2 Å². The minimum atomic E-state index is -4.25. The van der Waals surface area contributed by atoms with Crippen molar-refractivity contribution in [3.05, 3.63) is 34.9 Å². The summed E-state index contributed by atoms with van der Waals surface area (Å²) in [7, 11) is 0. The highest BCUT2D eigenvalue weighted by atomic mass is 19.4. The van der Waals surface area contributed by atoms with E-state index in [-0.39, 0.29) is 5.41 Å². The van der Waals surface area contributed by atoms with Gasteiger partial charge in [0.2, 0.25) is 0 Å². The van der Waals surface area contributed by atoms with E-state index in [9.17, 15) is 13.2 Å². The number of alkyl halides is 3. The monoisotopic (exact) mass is 229 g/mol. The normalized spacial score (nSPS) is 24.6. The molecule has 2 rings (SSSR count). The van der Waals surface area contributed by atoms with Crippen LogP contribution in [0.2, 0.25) is 0 Å². The van der Waals surface area contributed by atoms with Crippen LogP contribution in [0.4, 0.5) is 13.2 Å². The second-order valence-corrected chi connectivity index (χ2v) is 4.63. The third-order valence-electron chi connectivity index (χ3n) is 3.48. The lowest BCUT2D eigenvalue weighted by atomic mass is 9.84. The minimum absolute atomic E-state index is 0.153. The van der Waals surface area contributed by atoms with Crippen LogP contribution in [-0.2, 0) is 18.0 Å². The number of fused-ring (bicyclic) bond motifs is 1. The summed E-state index contributed by atoms with van der Waals surface area (Å²) in [6.07, 6.45) is -2.73. The van der Waals surface area contributed by atoms with Gasteiger partial charge in [0.1, 0.15) is 0 Å². The number of halogens is 3. The van der Waals surface area contributed by atoms with E-state index in [1.807, 2.05) is 6.92 Å². The molecule has 0 saturated heterocycles. The lowest BCUT2D eigenvalue weighted by molar-refractivity contribution is -0.137. The van der Waals surface area contributed by atoms with Crippen molar-refractivity contribution in [2.24, 2.45) is 5.73 Å². The first-order valence-electron chi connectivity index (χ1n) is 5.27. The van der Waals surface area contributed by atoms with Crippen LogP contribution in [-0.4, -0.2) is 6.54 Å². The molecule has 2 N–H and O–H groups in total. The van der Waals surface area contributed by atoms with Crippen LogP contribution in [0.5, 0.6) is 0 Å². The largest absolute Gasteiger partial charge is 0.416 e. The molecular weight excluding hydrogens is 215 g/mol. The molecule has 4 heteroatoms. The third-order valence-corrected chi connectivity index (χ3v) is 3.48. The summed E-state index contributed by atoms with van der Waals surface area (Å²) < 4.78 is 37.5. The Bertz CT molecular complexity index is 411. The zero-order valence-corrected chi connectivity index (χ0v) is 9.06. The molecule has 1 aromatic rings. The minimum Gasteiger partial charge on any atom is -0.330 e. The molecule has 1 aliphatic carbocycles. The average molecular weight is 229 g/mol. The molecule has 0 saturated carbocycles. The van der Waals surface area contributed by atoms with Gasteiger partial charge in [-0.25, -0.2) is 0 Å². The summed E-state index contributed by atoms with van der Waals surface area (Å²) >= 11 is 0. The molecule has 0 spiro atoms. The Morgan fingerprint density at radius 3 is 2.62 bits per heavy atom. The van der Waals surface area contributed by atoms with Crippen molar-refractivity contribution in [3.63, 3.8) is 0 Å². The fourth-order valence-corrected chi connectivity index (χ4v) is 2.32. The van der Waals surface area contributed by atoms with Gasteiger partial charge in [0.25, 0.3) is 0 Å². The van der Waals surface area contributed by atoms with Crippen LogP contribution < -0.4 is 5.73 Å². The van der Waals surface area contributed by atoms with E-state index in [0.29, 0.717) is 13.0 Å². The van der Waals surface area contributed by atoms with Gasteiger partial charge in [-0.3, -0.25) is 0 Å². The summed E-state index contributed by atoms with van der Waals surface area (Å²) in [5.41, 5.74) is 6.74. The number of benzene rings is 1. The zero-order valence-electron chi connectivity index (χ0n) is 9.06. The third kappa shape index (κ3) is 1.71. The molecule has 16 heavy (non-hydrogen) atoms. The van der Waals surface area contributed by atoms with E-state index in [0.717, 1.165) is 23.6 Å². The number of rotatable bonds is 1. The van der Waals surface area contributed by atoms with Crippen LogP contribution in [0.15, 0.2) is 18.2 Å². The van der Waals surface area contributed by atoms with Crippen LogP contribution in [0.1, 0.15) is 30.0 Å². The van der Waals surface area contributed by atoms with E-state index in [1.165, 1.54) is 6.07 Å². The fourth-order valence-electron chi connectivity index (χ4n) is 2.32. The molecule has 1 aliphatic rings. The van der Waals surface area contributed by atoms with Crippen molar-refractivity contribution in [1.82, 2.24) is 0 Å². The highest BCUT2D eigenvalue weighted by Gasteiger charge is 2.36. The maximum atomic E-state index is 12.5. The molecule has 1 unspecified atom stereocenters. The molecule has 1 nitrogen and oxygen atoms in total. The standard InChI is InChI=1S/C12H14F3N/c1-11(7-16)5-4-8-6-9(12(13,14)15)2-3-10(8)11/h2-3,6H,4-5,7,16H2,1H3. The van der Waals surface area contributed by atoms with Crippen LogP contribution in [0.3, 0.4) is 0 Å². The predicted octanol–water partition coefficient (Wildman–Crippen LogP) is 2.87. The molecular formula is C12H14F3N. The van der Waals surface area contributed by atoms with Crippen molar-refractivity contribution in [2.45, 2.75) is 31.4 Å². The molecule has 0 amide bonds. The van der Waals surface area contributed by atoms with Gasteiger partial charge in [0.05, 0.1) is 5.56 Å². The molecule has 0 fully saturated rings. The summed E-state index contributed by atoms with van der Waals surface area (Å²) in [5.74, 6) is 0. The molecule has 0 bridgehead atoms. The van der Waals surface area contributed by atoms with E-state index in [4.69, 9.17) is 5.73 Å². The van der Waals surface area contributed by atoms with Crippen molar-refractivity contribution in [1.29, 1.82) is 0 Å². The number of nitrogens with two attached hydrogens (primary N) is 1. The molecule has 0 aliphatic heterocycles. The van der Waals surface area contributed by atoms with Crippen LogP contribution >= 0.6 is 0 Å². The Balaban J connectivity index is 2.45. The van der Waals surface area contributed by atoms with Gasteiger partial charge in [-0.15, -0.1) is 0 Å². The van der Waals surface area contributed by atoms with E-state index < -0.39 is 11.7 Å². The lowest BCUT2D eigenvalue weighted by Gasteiger charge is -2.23. The van der Waals surface area contributed by atoms with Crippen LogP contribution in [0, 0.1) is 0 Å². The molecule has 88 valence electrons. The molecule has 0 heterocycles. The molecule has 1 atom stereocenters. The average Bonchev–Trinajstić information content (AvgIpc) is 2.56. The first-order valence-corrected chi connectivity index (χ1v) is 5.27. The summed E-state index contributed by atoms with van der Waals surface area (Å²) in [6, 6.07) is 3.99. The maximum Gasteiger partial charge on any atom is 0.416 e. The van der Waals surface area contributed by atoms with Gasteiger partial charge in [0, 0.05) is 12.0 Å². The first-order chi connectivity index (χ1) is 7.37. The SMILES string of the molecule is CC1(CN)CCc2cc(C(F)(F)F)ccc21. The first kappa shape index (κ1) is 11.5. The Hall–Kier alpha value is -1.03. The predicted molar refractivity (Wildman–Crippen MR) is 56.2 cm³/mol. The maximum absolute atomic E-state index is 12.5. The smallest absolute Gasteiger partial charge is 0.330 e. The second kappa shape index (κ2) is 3.48. The number of aryl methyl sites for hydroxylation is 1.